The average molecular weight is 206 g/mol. The van der Waals surface area contributed by atoms with Crippen LogP contribution in [0.1, 0.15) is 30.5 Å². The van der Waals surface area contributed by atoms with Gasteiger partial charge in [-0.05, 0) is 17.9 Å². The van der Waals surface area contributed by atoms with Gasteiger partial charge in [-0.2, -0.15) is 0 Å². The minimum atomic E-state index is -0.0231. The normalized spacial score (nSPS) is 24.4. The van der Waals surface area contributed by atoms with Crippen LogP contribution in [0.3, 0.4) is 0 Å². The molecule has 0 radical (unpaired) electrons. The van der Waals surface area contributed by atoms with Gasteiger partial charge in [0.1, 0.15) is 5.82 Å². The zero-order valence-corrected chi connectivity index (χ0v) is 8.89. The van der Waals surface area contributed by atoms with Crippen molar-refractivity contribution in [2.75, 3.05) is 13.1 Å². The molecule has 1 aliphatic carbocycles. The number of hydrogen-bond donors (Lipinski definition) is 1. The summed E-state index contributed by atoms with van der Waals surface area (Å²) in [7, 11) is 0. The van der Waals surface area contributed by atoms with Crippen LogP contribution in [0, 0.1) is 5.82 Å². The van der Waals surface area contributed by atoms with Gasteiger partial charge in [-0.15, -0.1) is 0 Å². The molecule has 1 atom stereocenters. The van der Waals surface area contributed by atoms with Crippen LogP contribution in [-0.4, -0.2) is 17.7 Å². The second-order valence-electron chi connectivity index (χ2n) is 4.48. The van der Waals surface area contributed by atoms with Crippen LogP contribution in [0.25, 0.3) is 5.57 Å². The third kappa shape index (κ3) is 1.26. The minimum absolute atomic E-state index is 0.0231. The molecule has 0 saturated carbocycles. The van der Waals surface area contributed by atoms with Crippen LogP contribution in [0.15, 0.2) is 12.3 Å². The molecule has 1 aromatic heterocycles. The highest BCUT2D eigenvalue weighted by Gasteiger charge is 2.27. The van der Waals surface area contributed by atoms with Gasteiger partial charge in [-0.1, -0.05) is 13.0 Å². The second kappa shape index (κ2) is 3.20. The van der Waals surface area contributed by atoms with E-state index < -0.39 is 0 Å². The maximum atomic E-state index is 13.8. The van der Waals surface area contributed by atoms with E-state index in [0.29, 0.717) is 5.92 Å². The van der Waals surface area contributed by atoms with Gasteiger partial charge >= 0.3 is 0 Å². The molecule has 1 unspecified atom stereocenters. The van der Waals surface area contributed by atoms with Crippen molar-refractivity contribution >= 4 is 5.57 Å². The highest BCUT2D eigenvalue weighted by molar-refractivity contribution is 5.70. The van der Waals surface area contributed by atoms with Gasteiger partial charge in [-0.3, -0.25) is 0 Å². The van der Waals surface area contributed by atoms with Gasteiger partial charge < -0.3 is 9.88 Å². The average Bonchev–Trinajstić information content (AvgIpc) is 2.43. The van der Waals surface area contributed by atoms with Gasteiger partial charge in [0, 0.05) is 31.4 Å². The maximum absolute atomic E-state index is 13.8. The molecule has 80 valence electrons. The number of allylic oxidation sites excluding steroid dienone is 1. The zero-order chi connectivity index (χ0) is 10.4. The second-order valence-corrected chi connectivity index (χ2v) is 4.48. The summed E-state index contributed by atoms with van der Waals surface area (Å²) in [5.74, 6) is 0.299. The molecule has 2 heterocycles. The first-order valence-corrected chi connectivity index (χ1v) is 5.56. The highest BCUT2D eigenvalue weighted by atomic mass is 19.1. The Morgan fingerprint density at radius 3 is 3.27 bits per heavy atom. The van der Waals surface area contributed by atoms with Crippen LogP contribution in [-0.2, 0) is 6.54 Å². The summed E-state index contributed by atoms with van der Waals surface area (Å²) in [6, 6.07) is 0. The Morgan fingerprint density at radius 2 is 2.40 bits per heavy atom. The van der Waals surface area contributed by atoms with Gasteiger partial charge in [0.25, 0.3) is 0 Å². The topological polar surface area (TPSA) is 17.0 Å². The smallest absolute Gasteiger partial charge is 0.144 e. The maximum Gasteiger partial charge on any atom is 0.144 e. The quantitative estimate of drug-likeness (QED) is 0.688. The van der Waals surface area contributed by atoms with Crippen LogP contribution in [0.4, 0.5) is 4.39 Å². The summed E-state index contributed by atoms with van der Waals surface area (Å²) in [6.07, 6.45) is 4.87. The summed E-state index contributed by atoms with van der Waals surface area (Å²) in [5, 5.41) is 3.37. The van der Waals surface area contributed by atoms with Crippen molar-refractivity contribution in [3.63, 3.8) is 0 Å². The molecule has 2 nitrogen and oxygen atoms in total. The molecular weight excluding hydrogens is 191 g/mol. The van der Waals surface area contributed by atoms with Crippen molar-refractivity contribution in [2.24, 2.45) is 0 Å². The molecule has 0 spiro atoms. The summed E-state index contributed by atoms with van der Waals surface area (Å²) < 4.78 is 15.9. The van der Waals surface area contributed by atoms with Crippen LogP contribution in [0.2, 0.25) is 0 Å². The van der Waals surface area contributed by atoms with E-state index >= 15 is 0 Å². The molecule has 1 aliphatic heterocycles. The number of rotatable bonds is 0. The lowest BCUT2D eigenvalue weighted by Gasteiger charge is -2.20. The molecule has 1 N–H and O–H groups in total. The molecule has 1 aromatic rings. The van der Waals surface area contributed by atoms with E-state index in [-0.39, 0.29) is 5.82 Å². The van der Waals surface area contributed by atoms with Crippen molar-refractivity contribution in [1.29, 1.82) is 0 Å². The Kier molecular flexibility index (Phi) is 1.96. The molecular formula is C12H15FN2. The lowest BCUT2D eigenvalue weighted by molar-refractivity contribution is 0.585. The Morgan fingerprint density at radius 1 is 1.53 bits per heavy atom. The van der Waals surface area contributed by atoms with Crippen molar-refractivity contribution in [3.8, 4) is 0 Å². The van der Waals surface area contributed by atoms with Crippen LogP contribution < -0.4 is 5.32 Å². The van der Waals surface area contributed by atoms with Crippen molar-refractivity contribution in [3.05, 3.63) is 29.3 Å². The first-order valence-electron chi connectivity index (χ1n) is 5.56. The van der Waals surface area contributed by atoms with E-state index in [1.165, 1.54) is 5.57 Å². The Hall–Kier alpha value is -1.09. The fourth-order valence-corrected chi connectivity index (χ4v) is 2.65. The molecule has 3 rings (SSSR count). The molecule has 0 fully saturated rings. The van der Waals surface area contributed by atoms with Crippen LogP contribution >= 0.6 is 0 Å². The lowest BCUT2D eigenvalue weighted by atomic mass is 9.88. The Bertz CT molecular complexity index is 431. The Labute approximate surface area is 88.8 Å². The first kappa shape index (κ1) is 9.16. The minimum Gasteiger partial charge on any atom is -0.343 e. The highest BCUT2D eigenvalue weighted by Crippen LogP contribution is 2.37. The molecule has 0 amide bonds. The van der Waals surface area contributed by atoms with Gasteiger partial charge in [0.2, 0.25) is 0 Å². The van der Waals surface area contributed by atoms with E-state index in [1.54, 1.807) is 6.20 Å². The summed E-state index contributed by atoms with van der Waals surface area (Å²) >= 11 is 0. The molecule has 15 heavy (non-hydrogen) atoms. The number of aromatic nitrogens is 1. The number of halogens is 1. The summed E-state index contributed by atoms with van der Waals surface area (Å²) in [4.78, 5) is 0. The van der Waals surface area contributed by atoms with Gasteiger partial charge in [0.05, 0.1) is 5.69 Å². The third-order valence-electron chi connectivity index (χ3n) is 3.43. The molecule has 0 aromatic carbocycles. The first-order chi connectivity index (χ1) is 7.27. The van der Waals surface area contributed by atoms with Gasteiger partial charge in [-0.25, -0.2) is 4.39 Å². The third-order valence-corrected chi connectivity index (χ3v) is 3.43. The summed E-state index contributed by atoms with van der Waals surface area (Å²) in [5.41, 5.74) is 3.33. The number of hydrogen-bond acceptors (Lipinski definition) is 1. The molecule has 0 bridgehead atoms. The van der Waals surface area contributed by atoms with E-state index in [4.69, 9.17) is 0 Å². The lowest BCUT2D eigenvalue weighted by Crippen LogP contribution is -2.17. The predicted octanol–water partition coefficient (Wildman–Crippen LogP) is 2.12. The number of nitrogens with one attached hydrogen (secondary N) is 1. The van der Waals surface area contributed by atoms with E-state index in [1.807, 2.05) is 0 Å². The summed E-state index contributed by atoms with van der Waals surface area (Å²) in [6.45, 7) is 4.77. The van der Waals surface area contributed by atoms with Crippen molar-refractivity contribution in [1.82, 2.24) is 9.88 Å². The SMILES string of the molecule is CC1CC=C2CNCCn3cc(F)c1c32. The largest absolute Gasteiger partial charge is 0.343 e. The molecule has 2 aliphatic rings. The van der Waals surface area contributed by atoms with Crippen molar-refractivity contribution in [2.45, 2.75) is 25.8 Å². The molecule has 0 saturated heterocycles. The Balaban J connectivity index is 2.23. The standard InChI is InChI=1S/C12H15FN2/c1-8-2-3-9-6-14-4-5-15-7-10(13)11(8)12(9)15/h3,7-8,14H,2,4-6H2,1H3. The van der Waals surface area contributed by atoms with E-state index in [0.717, 1.165) is 37.3 Å². The molecule has 3 heteroatoms. The van der Waals surface area contributed by atoms with Gasteiger partial charge in [0.15, 0.2) is 0 Å². The predicted molar refractivity (Wildman–Crippen MR) is 58.3 cm³/mol. The fourth-order valence-electron chi connectivity index (χ4n) is 2.65. The van der Waals surface area contributed by atoms with E-state index in [9.17, 15) is 4.39 Å². The van der Waals surface area contributed by atoms with Crippen LogP contribution in [0.5, 0.6) is 0 Å². The number of nitrogens with zero attached hydrogens (tertiary/aromatic N) is 1. The monoisotopic (exact) mass is 206 g/mol. The zero-order valence-electron chi connectivity index (χ0n) is 8.89. The van der Waals surface area contributed by atoms with E-state index in [2.05, 4.69) is 22.9 Å². The fraction of sp³-hybridized carbons (Fsp3) is 0.500. The van der Waals surface area contributed by atoms with Crippen molar-refractivity contribution < 1.29 is 4.39 Å².